The van der Waals surface area contributed by atoms with E-state index in [4.69, 9.17) is 11.6 Å². The number of nitrogens with zero attached hydrogens (tertiary/aromatic N) is 2. The minimum absolute atomic E-state index is 0.565. The molecule has 0 unspecified atom stereocenters. The van der Waals surface area contributed by atoms with Crippen LogP contribution in [0.2, 0.25) is 0 Å². The summed E-state index contributed by atoms with van der Waals surface area (Å²) >= 11 is 5.93. The van der Waals surface area contributed by atoms with Crippen LogP contribution in [0.15, 0.2) is 40.6 Å². The van der Waals surface area contributed by atoms with Crippen molar-refractivity contribution in [3.8, 4) is 0 Å². The van der Waals surface area contributed by atoms with E-state index in [9.17, 15) is 0 Å². The lowest BCUT2D eigenvalue weighted by atomic mass is 10.1. The zero-order valence-corrected chi connectivity index (χ0v) is 9.92. The van der Waals surface area contributed by atoms with E-state index >= 15 is 0 Å². The van der Waals surface area contributed by atoms with Gasteiger partial charge >= 0.3 is 0 Å². The summed E-state index contributed by atoms with van der Waals surface area (Å²) in [6, 6.07) is 8.34. The van der Waals surface area contributed by atoms with Crippen LogP contribution in [0.25, 0.3) is 0 Å². The molecule has 0 spiro atoms. The monoisotopic (exact) mass is 221 g/mol. The van der Waals surface area contributed by atoms with Gasteiger partial charge in [-0.3, -0.25) is 4.48 Å². The fraction of sp³-hybridized carbons (Fsp3) is 0.250. The van der Waals surface area contributed by atoms with Crippen LogP contribution < -0.4 is 0 Å². The van der Waals surface area contributed by atoms with E-state index in [0.29, 0.717) is 9.64 Å². The number of benzene rings is 1. The number of hydrogen-bond acceptors (Lipinski definition) is 1. The van der Waals surface area contributed by atoms with Crippen molar-refractivity contribution in [2.75, 3.05) is 14.1 Å². The van der Waals surface area contributed by atoms with Crippen LogP contribution >= 0.6 is 11.6 Å². The molecule has 1 aromatic rings. The maximum atomic E-state index is 5.93. The standard InChI is InChI=1S/C12H14ClN2/c1-9-4-6-10(7-5-9)12-14-11(13)8-15(12,2)3/h4-8H,1-3H3/q+1. The Kier molecular flexibility index (Phi) is 2.41. The van der Waals surface area contributed by atoms with Crippen molar-refractivity contribution in [3.63, 3.8) is 0 Å². The molecule has 0 atom stereocenters. The molecule has 0 saturated carbocycles. The highest BCUT2D eigenvalue weighted by Crippen LogP contribution is 2.23. The lowest BCUT2D eigenvalue weighted by molar-refractivity contribution is -0.739. The first-order chi connectivity index (χ1) is 6.99. The predicted octanol–water partition coefficient (Wildman–Crippen LogP) is 2.87. The highest BCUT2D eigenvalue weighted by atomic mass is 35.5. The summed E-state index contributed by atoms with van der Waals surface area (Å²) in [4.78, 5) is 4.36. The normalized spacial score (nSPS) is 18.7. The zero-order chi connectivity index (χ0) is 11.1. The van der Waals surface area contributed by atoms with Crippen molar-refractivity contribution >= 4 is 17.4 Å². The zero-order valence-electron chi connectivity index (χ0n) is 9.16. The minimum atomic E-state index is 0.565. The first-order valence-corrected chi connectivity index (χ1v) is 5.25. The van der Waals surface area contributed by atoms with E-state index in [0.717, 1.165) is 11.4 Å². The Hall–Kier alpha value is -1.12. The lowest BCUT2D eigenvalue weighted by Gasteiger charge is -2.21. The topological polar surface area (TPSA) is 12.4 Å². The molecule has 0 bridgehead atoms. The summed E-state index contributed by atoms with van der Waals surface area (Å²) in [6.45, 7) is 2.07. The SMILES string of the molecule is Cc1ccc(C2=NC(Cl)=C[N+]2(C)C)cc1. The second kappa shape index (κ2) is 3.47. The Morgan fingerprint density at radius 3 is 2.20 bits per heavy atom. The van der Waals surface area contributed by atoms with E-state index in [-0.39, 0.29) is 0 Å². The molecule has 0 saturated heterocycles. The van der Waals surface area contributed by atoms with Gasteiger partial charge in [-0.15, -0.1) is 0 Å². The third-order valence-corrected chi connectivity index (χ3v) is 2.68. The molecule has 0 radical (unpaired) electrons. The van der Waals surface area contributed by atoms with Crippen LogP contribution in [0.5, 0.6) is 0 Å². The molecule has 3 heteroatoms. The predicted molar refractivity (Wildman–Crippen MR) is 63.8 cm³/mol. The molecule has 0 aliphatic carbocycles. The number of amidine groups is 1. The van der Waals surface area contributed by atoms with Crippen molar-refractivity contribution < 1.29 is 4.48 Å². The van der Waals surface area contributed by atoms with Crippen molar-refractivity contribution in [1.29, 1.82) is 0 Å². The maximum Gasteiger partial charge on any atom is 0.240 e. The first-order valence-electron chi connectivity index (χ1n) is 4.87. The number of rotatable bonds is 1. The van der Waals surface area contributed by atoms with Crippen molar-refractivity contribution in [2.24, 2.45) is 4.99 Å². The summed E-state index contributed by atoms with van der Waals surface area (Å²) < 4.78 is 0.599. The maximum absolute atomic E-state index is 5.93. The fourth-order valence-corrected chi connectivity index (χ4v) is 2.01. The van der Waals surface area contributed by atoms with Gasteiger partial charge in [0.2, 0.25) is 5.84 Å². The number of halogens is 1. The van der Waals surface area contributed by atoms with Gasteiger partial charge in [0, 0.05) is 0 Å². The number of hydrogen-bond donors (Lipinski definition) is 0. The Labute approximate surface area is 95.1 Å². The van der Waals surface area contributed by atoms with Gasteiger partial charge in [-0.05, 0) is 19.1 Å². The van der Waals surface area contributed by atoms with E-state index in [1.165, 1.54) is 5.56 Å². The molecular formula is C12H14ClN2+. The molecule has 2 rings (SSSR count). The second-order valence-electron chi connectivity index (χ2n) is 4.29. The van der Waals surface area contributed by atoms with E-state index in [2.05, 4.69) is 50.3 Å². The lowest BCUT2D eigenvalue weighted by Crippen LogP contribution is -2.38. The van der Waals surface area contributed by atoms with Crippen molar-refractivity contribution in [2.45, 2.75) is 6.92 Å². The molecule has 15 heavy (non-hydrogen) atoms. The Morgan fingerprint density at radius 1 is 1.13 bits per heavy atom. The summed E-state index contributed by atoms with van der Waals surface area (Å²) in [5, 5.41) is 0.565. The van der Waals surface area contributed by atoms with E-state index < -0.39 is 0 Å². The third kappa shape index (κ3) is 1.96. The summed E-state index contributed by atoms with van der Waals surface area (Å²) in [7, 11) is 4.13. The number of quaternary nitrogens is 1. The molecule has 0 aromatic heterocycles. The molecule has 1 aliphatic heterocycles. The molecular weight excluding hydrogens is 208 g/mol. The second-order valence-corrected chi connectivity index (χ2v) is 4.68. The van der Waals surface area contributed by atoms with E-state index in [1.54, 1.807) is 0 Å². The van der Waals surface area contributed by atoms with Crippen molar-refractivity contribution in [1.82, 2.24) is 0 Å². The summed E-state index contributed by atoms with van der Waals surface area (Å²) in [5.41, 5.74) is 2.37. The minimum Gasteiger partial charge on any atom is -0.250 e. The van der Waals surface area contributed by atoms with Crippen LogP contribution in [0.1, 0.15) is 11.1 Å². The first kappa shape index (κ1) is 10.4. The number of aryl methyl sites for hydroxylation is 1. The molecule has 0 N–H and O–H groups in total. The average Bonchev–Trinajstić information content (AvgIpc) is 2.41. The molecule has 1 heterocycles. The van der Waals surface area contributed by atoms with Gasteiger partial charge in [-0.1, -0.05) is 29.3 Å². The van der Waals surface area contributed by atoms with E-state index in [1.807, 2.05) is 6.20 Å². The van der Waals surface area contributed by atoms with Gasteiger partial charge in [0.15, 0.2) is 5.16 Å². The molecule has 0 fully saturated rings. The van der Waals surface area contributed by atoms with Gasteiger partial charge < -0.3 is 0 Å². The van der Waals surface area contributed by atoms with Crippen molar-refractivity contribution in [3.05, 3.63) is 46.7 Å². The van der Waals surface area contributed by atoms with Gasteiger partial charge in [0.1, 0.15) is 6.20 Å². The number of aliphatic imine (C=N–C) groups is 1. The Bertz CT molecular complexity index is 441. The summed E-state index contributed by atoms with van der Waals surface area (Å²) in [5.74, 6) is 0.986. The molecule has 0 amide bonds. The molecule has 1 aliphatic rings. The molecule has 2 nitrogen and oxygen atoms in total. The van der Waals surface area contributed by atoms with Gasteiger partial charge in [0.05, 0.1) is 19.7 Å². The highest BCUT2D eigenvalue weighted by Gasteiger charge is 2.30. The van der Waals surface area contributed by atoms with Gasteiger partial charge in [0.25, 0.3) is 0 Å². The van der Waals surface area contributed by atoms with Crippen LogP contribution in [0.4, 0.5) is 0 Å². The van der Waals surface area contributed by atoms with Crippen LogP contribution in [-0.4, -0.2) is 24.4 Å². The van der Waals surface area contributed by atoms with Gasteiger partial charge in [-0.2, -0.15) is 4.99 Å². The quantitative estimate of drug-likeness (QED) is 0.511. The van der Waals surface area contributed by atoms with Crippen LogP contribution in [0, 0.1) is 6.92 Å². The average molecular weight is 222 g/mol. The Morgan fingerprint density at radius 2 is 1.73 bits per heavy atom. The third-order valence-electron chi connectivity index (χ3n) is 2.50. The largest absolute Gasteiger partial charge is 0.250 e. The smallest absolute Gasteiger partial charge is 0.240 e. The summed E-state index contributed by atoms with van der Waals surface area (Å²) in [6.07, 6.45) is 1.93. The van der Waals surface area contributed by atoms with Gasteiger partial charge in [-0.25, -0.2) is 0 Å². The highest BCUT2D eigenvalue weighted by molar-refractivity contribution is 6.30. The fourth-order valence-electron chi connectivity index (χ4n) is 1.69. The molecule has 1 aromatic carbocycles. The van der Waals surface area contributed by atoms with Crippen LogP contribution in [-0.2, 0) is 0 Å². The molecule has 78 valence electrons. The van der Waals surface area contributed by atoms with Crippen LogP contribution in [0.3, 0.4) is 0 Å². The Balaban J connectivity index is 2.42.